The summed E-state index contributed by atoms with van der Waals surface area (Å²) >= 11 is 7.09. The molecule has 27 heavy (non-hydrogen) atoms. The van der Waals surface area contributed by atoms with Gasteiger partial charge >= 0.3 is 6.03 Å². The molecule has 1 aromatic carbocycles. The number of fused-ring (bicyclic) bond motifs is 1. The minimum atomic E-state index is -0.928. The van der Waals surface area contributed by atoms with Gasteiger partial charge in [-0.15, -0.1) is 0 Å². The smallest absolute Gasteiger partial charge is 0.318 e. The largest absolute Gasteiger partial charge is 0.376 e. The van der Waals surface area contributed by atoms with Crippen LogP contribution in [0.15, 0.2) is 28.2 Å². The summed E-state index contributed by atoms with van der Waals surface area (Å²) in [7, 11) is 0. The van der Waals surface area contributed by atoms with Crippen molar-refractivity contribution in [1.82, 2.24) is 14.9 Å². The lowest BCUT2D eigenvalue weighted by molar-refractivity contribution is -0.119. The number of benzene rings is 1. The van der Waals surface area contributed by atoms with E-state index in [1.54, 1.807) is 25.1 Å². The van der Waals surface area contributed by atoms with Crippen molar-refractivity contribution < 1.29 is 14.3 Å². The van der Waals surface area contributed by atoms with Crippen LogP contribution in [0.3, 0.4) is 0 Å². The van der Waals surface area contributed by atoms with E-state index in [9.17, 15) is 14.4 Å². The molecule has 1 aliphatic heterocycles. The maximum Gasteiger partial charge on any atom is 0.318 e. The zero-order valence-corrected chi connectivity index (χ0v) is 16.2. The van der Waals surface area contributed by atoms with E-state index in [0.29, 0.717) is 34.2 Å². The third-order valence-corrected chi connectivity index (χ3v) is 5.52. The third-order valence-electron chi connectivity index (χ3n) is 4.19. The summed E-state index contributed by atoms with van der Waals surface area (Å²) in [4.78, 5) is 40.5. The molecule has 144 valence electrons. The van der Waals surface area contributed by atoms with E-state index in [-0.39, 0.29) is 11.7 Å². The highest BCUT2D eigenvalue weighted by Gasteiger charge is 2.23. The molecule has 1 aromatic heterocycles. The Morgan fingerprint density at radius 2 is 2.30 bits per heavy atom. The van der Waals surface area contributed by atoms with E-state index in [2.05, 4.69) is 4.98 Å². The average Bonchev–Trinajstić information content (AvgIpc) is 3.10. The Morgan fingerprint density at radius 3 is 2.96 bits per heavy atom. The molecule has 3 rings (SSSR count). The second-order valence-electron chi connectivity index (χ2n) is 6.22. The van der Waals surface area contributed by atoms with Crippen molar-refractivity contribution in [3.8, 4) is 0 Å². The van der Waals surface area contributed by atoms with Crippen LogP contribution >= 0.6 is 23.4 Å². The lowest BCUT2D eigenvalue weighted by Gasteiger charge is -2.18. The number of amides is 3. The zero-order chi connectivity index (χ0) is 19.6. The van der Waals surface area contributed by atoms with Gasteiger partial charge in [0.1, 0.15) is 0 Å². The summed E-state index contributed by atoms with van der Waals surface area (Å²) in [5, 5.41) is 2.61. The third kappa shape index (κ3) is 4.60. The maximum atomic E-state index is 13.0. The summed E-state index contributed by atoms with van der Waals surface area (Å²) < 4.78 is 7.16. The molecular weight excluding hydrogens is 392 g/mol. The summed E-state index contributed by atoms with van der Waals surface area (Å²) in [6.45, 7) is 2.61. The van der Waals surface area contributed by atoms with Gasteiger partial charge in [-0.1, -0.05) is 23.4 Å². The molecule has 0 radical (unpaired) electrons. The number of thioether (sulfide) groups is 1. The van der Waals surface area contributed by atoms with Gasteiger partial charge in [-0.25, -0.2) is 9.78 Å². The second kappa shape index (κ2) is 8.28. The number of nitrogens with one attached hydrogen (secondary N) is 1. The van der Waals surface area contributed by atoms with Gasteiger partial charge in [-0.2, -0.15) is 0 Å². The first kappa shape index (κ1) is 19.7. The Hall–Kier alpha value is -2.10. The second-order valence-corrected chi connectivity index (χ2v) is 7.96. The number of ether oxygens (including phenoxy) is 1. The van der Waals surface area contributed by atoms with E-state index in [1.807, 2.05) is 5.32 Å². The predicted molar refractivity (Wildman–Crippen MR) is 103 cm³/mol. The SMILES string of the molecule is C[C@H](Sc1nc2cc(Cl)ccc2c(=O)n1C[C@@H]1CCCO1)C(=O)NC(N)=O. The number of hydrogen-bond donors (Lipinski definition) is 2. The molecular formula is C17H19ClN4O4S. The molecule has 0 spiro atoms. The van der Waals surface area contributed by atoms with Crippen LogP contribution in [0.2, 0.25) is 5.02 Å². The highest BCUT2D eigenvalue weighted by atomic mass is 35.5. The van der Waals surface area contributed by atoms with Crippen molar-refractivity contribution in [3.05, 3.63) is 33.6 Å². The van der Waals surface area contributed by atoms with Crippen LogP contribution in [-0.2, 0) is 16.1 Å². The highest BCUT2D eigenvalue weighted by Crippen LogP contribution is 2.25. The predicted octanol–water partition coefficient (Wildman–Crippen LogP) is 1.90. The molecule has 3 amide bonds. The molecule has 0 saturated carbocycles. The van der Waals surface area contributed by atoms with Crippen LogP contribution in [0.5, 0.6) is 0 Å². The first-order valence-electron chi connectivity index (χ1n) is 8.44. The van der Waals surface area contributed by atoms with Gasteiger partial charge in [0, 0.05) is 11.6 Å². The number of aromatic nitrogens is 2. The number of carbonyl (C=O) groups excluding carboxylic acids is 2. The Labute approximate surface area is 164 Å². The van der Waals surface area contributed by atoms with Crippen LogP contribution in [0.4, 0.5) is 4.79 Å². The Bertz CT molecular complexity index is 942. The molecule has 2 aromatic rings. The van der Waals surface area contributed by atoms with Gasteiger partial charge < -0.3 is 10.5 Å². The van der Waals surface area contributed by atoms with E-state index in [1.165, 1.54) is 4.57 Å². The van der Waals surface area contributed by atoms with E-state index >= 15 is 0 Å². The highest BCUT2D eigenvalue weighted by molar-refractivity contribution is 8.00. The van der Waals surface area contributed by atoms with Crippen LogP contribution in [0, 0.1) is 0 Å². The van der Waals surface area contributed by atoms with Gasteiger partial charge in [0.2, 0.25) is 5.91 Å². The number of carbonyl (C=O) groups is 2. The summed E-state index contributed by atoms with van der Waals surface area (Å²) in [5.74, 6) is -0.559. The molecule has 1 fully saturated rings. The fourth-order valence-corrected chi connectivity index (χ4v) is 3.94. The van der Waals surface area contributed by atoms with Gasteiger partial charge in [-0.05, 0) is 38.0 Å². The Morgan fingerprint density at radius 1 is 1.52 bits per heavy atom. The quantitative estimate of drug-likeness (QED) is 0.574. The fraction of sp³-hybridized carbons (Fsp3) is 0.412. The molecule has 10 heteroatoms. The van der Waals surface area contributed by atoms with Gasteiger partial charge in [0.25, 0.3) is 5.56 Å². The minimum absolute atomic E-state index is 0.0802. The Balaban J connectivity index is 2.00. The first-order valence-corrected chi connectivity index (χ1v) is 9.69. The van der Waals surface area contributed by atoms with Crippen LogP contribution in [0.1, 0.15) is 19.8 Å². The minimum Gasteiger partial charge on any atom is -0.376 e. The van der Waals surface area contributed by atoms with E-state index in [0.717, 1.165) is 24.6 Å². The zero-order valence-electron chi connectivity index (χ0n) is 14.6. The monoisotopic (exact) mass is 410 g/mol. The van der Waals surface area contributed by atoms with Crippen molar-refractivity contribution in [2.75, 3.05) is 6.61 Å². The van der Waals surface area contributed by atoms with Crippen LogP contribution in [-0.4, -0.2) is 39.5 Å². The summed E-state index contributed by atoms with van der Waals surface area (Å²) in [5.41, 5.74) is 5.22. The van der Waals surface area contributed by atoms with Crippen molar-refractivity contribution >= 4 is 46.2 Å². The number of imide groups is 1. The van der Waals surface area contributed by atoms with E-state index < -0.39 is 17.2 Å². The number of primary amides is 1. The average molecular weight is 411 g/mol. The van der Waals surface area contributed by atoms with Crippen molar-refractivity contribution in [1.29, 1.82) is 0 Å². The molecule has 0 aliphatic carbocycles. The summed E-state index contributed by atoms with van der Waals surface area (Å²) in [6, 6.07) is 3.95. The number of halogens is 1. The summed E-state index contributed by atoms with van der Waals surface area (Å²) in [6.07, 6.45) is 1.71. The topological polar surface area (TPSA) is 116 Å². The number of nitrogens with zero attached hydrogens (tertiary/aromatic N) is 2. The molecule has 3 N–H and O–H groups in total. The first-order chi connectivity index (χ1) is 12.8. The normalized spacial score (nSPS) is 17.8. The lowest BCUT2D eigenvalue weighted by atomic mass is 10.2. The standard InChI is InChI=1S/C17H19ClN4O4S/c1-9(14(23)21-16(19)25)27-17-20-13-7-10(18)4-5-12(13)15(24)22(17)8-11-3-2-6-26-11/h4-5,7,9,11H,2-3,6,8H2,1H3,(H3,19,21,23,25)/t9-,11-/m0/s1. The molecule has 0 unspecified atom stereocenters. The molecule has 1 saturated heterocycles. The molecule has 8 nitrogen and oxygen atoms in total. The fourth-order valence-electron chi connectivity index (χ4n) is 2.85. The van der Waals surface area contributed by atoms with Crippen molar-refractivity contribution in [3.63, 3.8) is 0 Å². The Kier molecular flexibility index (Phi) is 6.03. The molecule has 2 atom stereocenters. The number of nitrogens with two attached hydrogens (primary N) is 1. The lowest BCUT2D eigenvalue weighted by Crippen LogP contribution is -2.39. The number of hydrogen-bond acceptors (Lipinski definition) is 6. The van der Waals surface area contributed by atoms with Crippen molar-refractivity contribution in [2.45, 2.75) is 42.8 Å². The van der Waals surface area contributed by atoms with Crippen LogP contribution in [0.25, 0.3) is 10.9 Å². The van der Waals surface area contributed by atoms with Crippen molar-refractivity contribution in [2.24, 2.45) is 5.73 Å². The number of rotatable bonds is 5. The van der Waals surface area contributed by atoms with Crippen LogP contribution < -0.4 is 16.6 Å². The number of urea groups is 1. The molecule has 1 aliphatic rings. The molecule has 0 bridgehead atoms. The van der Waals surface area contributed by atoms with E-state index in [4.69, 9.17) is 22.1 Å². The maximum absolute atomic E-state index is 13.0. The van der Waals surface area contributed by atoms with Gasteiger partial charge in [-0.3, -0.25) is 19.5 Å². The van der Waals surface area contributed by atoms with Gasteiger partial charge in [0.05, 0.1) is 28.8 Å². The van der Waals surface area contributed by atoms with Gasteiger partial charge in [0.15, 0.2) is 5.16 Å². The molecule has 2 heterocycles.